The Morgan fingerprint density at radius 2 is 1.96 bits per heavy atom. The van der Waals surface area contributed by atoms with Crippen molar-refractivity contribution in [1.29, 1.82) is 0 Å². The second-order valence-electron chi connectivity index (χ2n) is 5.48. The summed E-state index contributed by atoms with van der Waals surface area (Å²) in [4.78, 5) is 12.9. The molecule has 2 amide bonds. The summed E-state index contributed by atoms with van der Waals surface area (Å²) < 4.78 is 5.37. The number of carbonyl (C=O) groups excluding carboxylic acids is 1. The van der Waals surface area contributed by atoms with Crippen molar-refractivity contribution in [2.45, 2.75) is 19.4 Å². The van der Waals surface area contributed by atoms with Gasteiger partial charge in [0.1, 0.15) is 5.76 Å². The topological polar surface area (TPSA) is 54.3 Å². The summed E-state index contributed by atoms with van der Waals surface area (Å²) in [5, 5.41) is 7.81. The Hall–Kier alpha value is -2.53. The number of carbonyl (C=O) groups is 1. The molecule has 0 unspecified atom stereocenters. The van der Waals surface area contributed by atoms with Gasteiger partial charge < -0.3 is 15.1 Å². The van der Waals surface area contributed by atoms with Gasteiger partial charge in [0.25, 0.3) is 0 Å². The highest BCUT2D eigenvalue weighted by Gasteiger charge is 2.06. The number of aryl methyl sites for hydroxylation is 1. The summed E-state index contributed by atoms with van der Waals surface area (Å²) >= 11 is 1.61. The minimum Gasteiger partial charge on any atom is -0.464 e. The molecular formula is C19H20N2O2S. The van der Waals surface area contributed by atoms with Crippen molar-refractivity contribution >= 4 is 17.4 Å². The second kappa shape index (κ2) is 8.36. The number of amides is 2. The van der Waals surface area contributed by atoms with Crippen molar-refractivity contribution in [2.24, 2.45) is 0 Å². The van der Waals surface area contributed by atoms with Gasteiger partial charge in [0.2, 0.25) is 0 Å². The van der Waals surface area contributed by atoms with Gasteiger partial charge in [-0.1, -0.05) is 30.3 Å². The van der Waals surface area contributed by atoms with Gasteiger partial charge in [-0.3, -0.25) is 0 Å². The van der Waals surface area contributed by atoms with Crippen molar-refractivity contribution in [3.05, 3.63) is 70.6 Å². The van der Waals surface area contributed by atoms with Crippen LogP contribution in [-0.4, -0.2) is 12.6 Å². The average Bonchev–Trinajstić information content (AvgIpc) is 3.29. The smallest absolute Gasteiger partial charge is 0.315 e. The highest BCUT2D eigenvalue weighted by Crippen LogP contribution is 2.25. The lowest BCUT2D eigenvalue weighted by atomic mass is 10.1. The maximum atomic E-state index is 11.8. The van der Waals surface area contributed by atoms with Crippen LogP contribution >= 0.6 is 11.3 Å². The predicted molar refractivity (Wildman–Crippen MR) is 97.0 cm³/mol. The second-order valence-corrected chi connectivity index (χ2v) is 6.47. The molecule has 0 aliphatic carbocycles. The SMILES string of the molecule is O=C(NCCCc1ccccc1)NCc1cc(-c2ccco2)cs1. The Bertz CT molecular complexity index is 751. The molecule has 24 heavy (non-hydrogen) atoms. The summed E-state index contributed by atoms with van der Waals surface area (Å²) in [6, 6.07) is 16.0. The van der Waals surface area contributed by atoms with Crippen LogP contribution in [0.1, 0.15) is 16.9 Å². The van der Waals surface area contributed by atoms with Crippen molar-refractivity contribution in [3.8, 4) is 11.3 Å². The summed E-state index contributed by atoms with van der Waals surface area (Å²) in [5.74, 6) is 0.850. The van der Waals surface area contributed by atoms with Gasteiger partial charge in [-0.25, -0.2) is 4.79 Å². The first-order valence-electron chi connectivity index (χ1n) is 7.98. The van der Waals surface area contributed by atoms with E-state index in [-0.39, 0.29) is 6.03 Å². The largest absolute Gasteiger partial charge is 0.464 e. The molecule has 2 N–H and O–H groups in total. The molecule has 0 radical (unpaired) electrons. The van der Waals surface area contributed by atoms with E-state index in [2.05, 4.69) is 22.8 Å². The Labute approximate surface area is 145 Å². The number of rotatable bonds is 7. The van der Waals surface area contributed by atoms with Crippen molar-refractivity contribution in [3.63, 3.8) is 0 Å². The van der Waals surface area contributed by atoms with E-state index in [1.807, 2.05) is 41.8 Å². The monoisotopic (exact) mass is 340 g/mol. The lowest BCUT2D eigenvalue weighted by Crippen LogP contribution is -2.35. The van der Waals surface area contributed by atoms with Crippen LogP contribution in [0.4, 0.5) is 4.79 Å². The van der Waals surface area contributed by atoms with Crippen LogP contribution < -0.4 is 10.6 Å². The van der Waals surface area contributed by atoms with E-state index in [0.717, 1.165) is 29.0 Å². The molecule has 124 valence electrons. The fraction of sp³-hybridized carbons (Fsp3) is 0.211. The maximum absolute atomic E-state index is 11.8. The number of furan rings is 1. The van der Waals surface area contributed by atoms with Crippen molar-refractivity contribution < 1.29 is 9.21 Å². The highest BCUT2D eigenvalue weighted by molar-refractivity contribution is 7.10. The Kier molecular flexibility index (Phi) is 5.69. The zero-order valence-corrected chi connectivity index (χ0v) is 14.1. The molecule has 0 saturated heterocycles. The Morgan fingerprint density at radius 1 is 1.08 bits per heavy atom. The fourth-order valence-electron chi connectivity index (χ4n) is 2.41. The molecule has 0 atom stereocenters. The van der Waals surface area contributed by atoms with E-state index in [0.29, 0.717) is 13.1 Å². The van der Waals surface area contributed by atoms with E-state index in [9.17, 15) is 4.79 Å². The van der Waals surface area contributed by atoms with Crippen LogP contribution in [0.2, 0.25) is 0 Å². The van der Waals surface area contributed by atoms with Crippen LogP contribution in [0.15, 0.2) is 64.6 Å². The zero-order chi connectivity index (χ0) is 16.6. The van der Waals surface area contributed by atoms with Gasteiger partial charge >= 0.3 is 6.03 Å². The standard InChI is InChI=1S/C19H20N2O2S/c22-19(20-10-4-8-15-6-2-1-3-7-15)21-13-17-12-16(14-24-17)18-9-5-11-23-18/h1-3,5-7,9,11-12,14H,4,8,10,13H2,(H2,20,21,22). The Morgan fingerprint density at radius 3 is 2.75 bits per heavy atom. The normalized spacial score (nSPS) is 10.5. The first kappa shape index (κ1) is 16.3. The van der Waals surface area contributed by atoms with Crippen LogP contribution in [0.3, 0.4) is 0 Å². The van der Waals surface area contributed by atoms with Crippen LogP contribution in [-0.2, 0) is 13.0 Å². The molecule has 0 spiro atoms. The number of urea groups is 1. The number of thiophene rings is 1. The average molecular weight is 340 g/mol. The third-order valence-electron chi connectivity index (χ3n) is 3.65. The summed E-state index contributed by atoms with van der Waals surface area (Å²) in [6.45, 7) is 1.19. The van der Waals surface area contributed by atoms with Gasteiger partial charge in [-0.15, -0.1) is 11.3 Å². The third kappa shape index (κ3) is 4.73. The number of hydrogen-bond donors (Lipinski definition) is 2. The molecule has 4 nitrogen and oxygen atoms in total. The first-order chi connectivity index (χ1) is 11.8. The quantitative estimate of drug-likeness (QED) is 0.625. The Balaban J connectivity index is 1.35. The number of nitrogens with one attached hydrogen (secondary N) is 2. The van der Waals surface area contributed by atoms with Crippen molar-refractivity contribution in [2.75, 3.05) is 6.54 Å². The van der Waals surface area contributed by atoms with Gasteiger partial charge in [-0.05, 0) is 36.6 Å². The van der Waals surface area contributed by atoms with E-state index in [1.54, 1.807) is 17.6 Å². The molecular weight excluding hydrogens is 320 g/mol. The van der Waals surface area contributed by atoms with Crippen molar-refractivity contribution in [1.82, 2.24) is 10.6 Å². The van der Waals surface area contributed by atoms with Crippen LogP contribution in [0, 0.1) is 0 Å². The fourth-order valence-corrected chi connectivity index (χ4v) is 3.23. The highest BCUT2D eigenvalue weighted by atomic mass is 32.1. The van der Waals surface area contributed by atoms with Gasteiger partial charge in [0.15, 0.2) is 0 Å². The molecule has 0 aliphatic heterocycles. The number of benzene rings is 1. The van der Waals surface area contributed by atoms with E-state index >= 15 is 0 Å². The van der Waals surface area contributed by atoms with E-state index in [1.165, 1.54) is 5.56 Å². The molecule has 0 bridgehead atoms. The van der Waals surface area contributed by atoms with Crippen LogP contribution in [0.5, 0.6) is 0 Å². The van der Waals surface area contributed by atoms with Gasteiger partial charge in [0.05, 0.1) is 12.8 Å². The minimum atomic E-state index is -0.129. The summed E-state index contributed by atoms with van der Waals surface area (Å²) in [5.41, 5.74) is 2.34. The van der Waals surface area contributed by atoms with Gasteiger partial charge in [-0.2, -0.15) is 0 Å². The van der Waals surface area contributed by atoms with Gasteiger partial charge in [0, 0.05) is 22.4 Å². The first-order valence-corrected chi connectivity index (χ1v) is 8.86. The lowest BCUT2D eigenvalue weighted by Gasteiger charge is -2.06. The molecule has 0 saturated carbocycles. The predicted octanol–water partition coefficient (Wildman–Crippen LogP) is 4.44. The molecule has 0 fully saturated rings. The molecule has 0 aliphatic rings. The minimum absolute atomic E-state index is 0.129. The van der Waals surface area contributed by atoms with Crippen LogP contribution in [0.25, 0.3) is 11.3 Å². The lowest BCUT2D eigenvalue weighted by molar-refractivity contribution is 0.240. The molecule has 2 heterocycles. The van der Waals surface area contributed by atoms with E-state index < -0.39 is 0 Å². The molecule has 3 aromatic rings. The van der Waals surface area contributed by atoms with E-state index in [4.69, 9.17) is 4.42 Å². The zero-order valence-electron chi connectivity index (χ0n) is 13.3. The molecule has 1 aromatic carbocycles. The molecule has 2 aromatic heterocycles. The molecule has 3 rings (SSSR count). The summed E-state index contributed by atoms with van der Waals surface area (Å²) in [7, 11) is 0. The number of hydrogen-bond acceptors (Lipinski definition) is 3. The molecule has 5 heteroatoms. The summed E-state index contributed by atoms with van der Waals surface area (Å²) in [6.07, 6.45) is 3.56. The third-order valence-corrected chi connectivity index (χ3v) is 4.59. The maximum Gasteiger partial charge on any atom is 0.315 e.